The van der Waals surface area contributed by atoms with E-state index in [1.54, 1.807) is 12.1 Å². The van der Waals surface area contributed by atoms with E-state index in [-0.39, 0.29) is 5.56 Å². The lowest BCUT2D eigenvalue weighted by Crippen LogP contribution is -1.97. The van der Waals surface area contributed by atoms with Crippen molar-refractivity contribution in [1.29, 1.82) is 0 Å². The summed E-state index contributed by atoms with van der Waals surface area (Å²) in [5.41, 5.74) is 2.08. The molecule has 3 heteroatoms. The first-order valence-corrected chi connectivity index (χ1v) is 5.53. The fourth-order valence-electron chi connectivity index (χ4n) is 1.73. The molecule has 1 radical (unpaired) electrons. The van der Waals surface area contributed by atoms with Crippen molar-refractivity contribution in [2.45, 2.75) is 6.42 Å². The fraction of sp³-hybridized carbons (Fsp3) is 0.0667. The SMILES string of the molecule is [CH2]Cc1ccc(-c2cc(C(=O)O)ccc2F)cc1. The average molecular weight is 243 g/mol. The third-order valence-corrected chi connectivity index (χ3v) is 2.77. The highest BCUT2D eigenvalue weighted by Crippen LogP contribution is 2.24. The first-order chi connectivity index (χ1) is 8.61. The van der Waals surface area contributed by atoms with Gasteiger partial charge in [-0.25, -0.2) is 9.18 Å². The summed E-state index contributed by atoms with van der Waals surface area (Å²) in [4.78, 5) is 10.9. The smallest absolute Gasteiger partial charge is 0.335 e. The Labute approximate surface area is 105 Å². The number of halogens is 1. The highest BCUT2D eigenvalue weighted by molar-refractivity contribution is 5.89. The van der Waals surface area contributed by atoms with E-state index in [2.05, 4.69) is 6.92 Å². The van der Waals surface area contributed by atoms with Crippen LogP contribution in [0.25, 0.3) is 11.1 Å². The second kappa shape index (κ2) is 5.00. The molecule has 0 fully saturated rings. The molecule has 1 N–H and O–H groups in total. The van der Waals surface area contributed by atoms with E-state index in [1.807, 2.05) is 12.1 Å². The van der Waals surface area contributed by atoms with Gasteiger partial charge in [0.1, 0.15) is 5.82 Å². The van der Waals surface area contributed by atoms with Crippen molar-refractivity contribution in [1.82, 2.24) is 0 Å². The Balaban J connectivity index is 2.48. The van der Waals surface area contributed by atoms with Gasteiger partial charge in [0.05, 0.1) is 5.56 Å². The molecule has 2 aromatic carbocycles. The van der Waals surface area contributed by atoms with Crippen LogP contribution in [0.3, 0.4) is 0 Å². The summed E-state index contributed by atoms with van der Waals surface area (Å²) in [6.07, 6.45) is 0.665. The molecule has 0 saturated heterocycles. The van der Waals surface area contributed by atoms with Crippen LogP contribution in [0.1, 0.15) is 15.9 Å². The van der Waals surface area contributed by atoms with Gasteiger partial charge in [0.15, 0.2) is 0 Å². The van der Waals surface area contributed by atoms with Crippen molar-refractivity contribution in [2.75, 3.05) is 0 Å². The van der Waals surface area contributed by atoms with Crippen LogP contribution in [-0.2, 0) is 6.42 Å². The molecule has 0 spiro atoms. The predicted molar refractivity (Wildman–Crippen MR) is 67.9 cm³/mol. The molecule has 0 atom stereocenters. The maximum atomic E-state index is 13.7. The number of rotatable bonds is 3. The molecule has 2 nitrogen and oxygen atoms in total. The van der Waals surface area contributed by atoms with Gasteiger partial charge in [0.25, 0.3) is 0 Å². The quantitative estimate of drug-likeness (QED) is 0.894. The van der Waals surface area contributed by atoms with Crippen LogP contribution in [0.4, 0.5) is 4.39 Å². The van der Waals surface area contributed by atoms with Crippen molar-refractivity contribution in [3.05, 3.63) is 66.3 Å². The first-order valence-electron chi connectivity index (χ1n) is 5.53. The third-order valence-electron chi connectivity index (χ3n) is 2.77. The summed E-state index contributed by atoms with van der Waals surface area (Å²) in [6, 6.07) is 11.0. The van der Waals surface area contributed by atoms with Crippen LogP contribution in [-0.4, -0.2) is 11.1 Å². The normalized spacial score (nSPS) is 10.3. The van der Waals surface area contributed by atoms with Gasteiger partial charge in [-0.1, -0.05) is 24.3 Å². The summed E-state index contributed by atoms with van der Waals surface area (Å²) < 4.78 is 13.7. The van der Waals surface area contributed by atoms with E-state index < -0.39 is 11.8 Å². The van der Waals surface area contributed by atoms with Gasteiger partial charge in [-0.15, -0.1) is 0 Å². The van der Waals surface area contributed by atoms with E-state index in [0.717, 1.165) is 5.56 Å². The Bertz CT molecular complexity index is 574. The molecule has 0 amide bonds. The largest absolute Gasteiger partial charge is 0.478 e. The van der Waals surface area contributed by atoms with Crippen LogP contribution in [0.15, 0.2) is 42.5 Å². The summed E-state index contributed by atoms with van der Waals surface area (Å²) in [6.45, 7) is 3.76. The van der Waals surface area contributed by atoms with Crippen LogP contribution in [0.2, 0.25) is 0 Å². The van der Waals surface area contributed by atoms with Gasteiger partial charge >= 0.3 is 5.97 Å². The van der Waals surface area contributed by atoms with Gasteiger partial charge in [0.2, 0.25) is 0 Å². The molecule has 0 aliphatic carbocycles. The molecule has 18 heavy (non-hydrogen) atoms. The number of benzene rings is 2. The highest BCUT2D eigenvalue weighted by atomic mass is 19.1. The molecular weight excluding hydrogens is 231 g/mol. The molecule has 0 saturated carbocycles. The van der Waals surface area contributed by atoms with Crippen LogP contribution >= 0.6 is 0 Å². The van der Waals surface area contributed by atoms with Crippen LogP contribution in [0, 0.1) is 12.7 Å². The minimum atomic E-state index is -1.06. The number of hydrogen-bond donors (Lipinski definition) is 1. The Morgan fingerprint density at radius 1 is 1.17 bits per heavy atom. The topological polar surface area (TPSA) is 37.3 Å². The first kappa shape index (κ1) is 12.3. The summed E-state index contributed by atoms with van der Waals surface area (Å²) in [7, 11) is 0. The predicted octanol–water partition coefficient (Wildman–Crippen LogP) is 3.57. The standard InChI is InChI=1S/C15H12FO2/c1-2-10-3-5-11(6-4-10)13-9-12(15(17)18)7-8-14(13)16/h3-9H,1-2H2,(H,17,18). The Hall–Kier alpha value is -2.16. The molecule has 0 bridgehead atoms. The minimum Gasteiger partial charge on any atom is -0.478 e. The van der Waals surface area contributed by atoms with Crippen molar-refractivity contribution in [2.24, 2.45) is 0 Å². The lowest BCUT2D eigenvalue weighted by molar-refractivity contribution is 0.0697. The number of carboxylic acid groups (broad SMARTS) is 1. The second-order valence-corrected chi connectivity index (χ2v) is 3.95. The summed E-state index contributed by atoms with van der Waals surface area (Å²) >= 11 is 0. The zero-order chi connectivity index (χ0) is 13.1. The average Bonchev–Trinajstić information content (AvgIpc) is 2.39. The molecule has 0 heterocycles. The number of aromatic carboxylic acids is 1. The molecule has 91 valence electrons. The van der Waals surface area contributed by atoms with Gasteiger partial charge in [-0.2, -0.15) is 0 Å². The van der Waals surface area contributed by atoms with E-state index in [4.69, 9.17) is 5.11 Å². The van der Waals surface area contributed by atoms with E-state index in [0.29, 0.717) is 17.5 Å². The highest BCUT2D eigenvalue weighted by Gasteiger charge is 2.09. The number of carboxylic acids is 1. The lowest BCUT2D eigenvalue weighted by atomic mass is 10.0. The molecule has 2 rings (SSSR count). The Morgan fingerprint density at radius 2 is 1.83 bits per heavy atom. The lowest BCUT2D eigenvalue weighted by Gasteiger charge is -2.06. The Morgan fingerprint density at radius 3 is 2.39 bits per heavy atom. The minimum absolute atomic E-state index is 0.0765. The molecular formula is C15H12FO2. The summed E-state index contributed by atoms with van der Waals surface area (Å²) in [5, 5.41) is 8.90. The van der Waals surface area contributed by atoms with Crippen LogP contribution in [0.5, 0.6) is 0 Å². The third kappa shape index (κ3) is 2.40. The van der Waals surface area contributed by atoms with Gasteiger partial charge in [-0.3, -0.25) is 0 Å². The van der Waals surface area contributed by atoms with E-state index in [9.17, 15) is 9.18 Å². The molecule has 0 aliphatic heterocycles. The summed E-state index contributed by atoms with van der Waals surface area (Å²) in [5.74, 6) is -1.49. The van der Waals surface area contributed by atoms with Crippen molar-refractivity contribution >= 4 is 5.97 Å². The van der Waals surface area contributed by atoms with Crippen molar-refractivity contribution in [3.8, 4) is 11.1 Å². The maximum absolute atomic E-state index is 13.7. The second-order valence-electron chi connectivity index (χ2n) is 3.95. The zero-order valence-electron chi connectivity index (χ0n) is 9.69. The molecule has 0 unspecified atom stereocenters. The number of hydrogen-bond acceptors (Lipinski definition) is 1. The maximum Gasteiger partial charge on any atom is 0.335 e. The van der Waals surface area contributed by atoms with Gasteiger partial charge in [0, 0.05) is 5.56 Å². The van der Waals surface area contributed by atoms with Gasteiger partial charge in [-0.05, 0) is 42.7 Å². The molecule has 2 aromatic rings. The fourth-order valence-corrected chi connectivity index (χ4v) is 1.73. The molecule has 0 aromatic heterocycles. The number of carbonyl (C=O) groups is 1. The monoisotopic (exact) mass is 243 g/mol. The van der Waals surface area contributed by atoms with E-state index in [1.165, 1.54) is 18.2 Å². The zero-order valence-corrected chi connectivity index (χ0v) is 9.69. The van der Waals surface area contributed by atoms with Crippen molar-refractivity contribution < 1.29 is 14.3 Å². The Kier molecular flexibility index (Phi) is 3.42. The van der Waals surface area contributed by atoms with Gasteiger partial charge < -0.3 is 5.11 Å². The van der Waals surface area contributed by atoms with E-state index >= 15 is 0 Å². The molecule has 0 aliphatic rings. The van der Waals surface area contributed by atoms with Crippen molar-refractivity contribution in [3.63, 3.8) is 0 Å². The van der Waals surface area contributed by atoms with Crippen LogP contribution < -0.4 is 0 Å².